The van der Waals surface area contributed by atoms with Crippen molar-refractivity contribution in [1.82, 2.24) is 14.9 Å². The van der Waals surface area contributed by atoms with Crippen LogP contribution in [-0.4, -0.2) is 21.9 Å². The van der Waals surface area contributed by atoms with Gasteiger partial charge in [-0.1, -0.05) is 0 Å². The molecule has 0 saturated carbocycles. The van der Waals surface area contributed by atoms with Gasteiger partial charge in [-0.05, 0) is 67.9 Å². The Morgan fingerprint density at radius 1 is 1.11 bits per heavy atom. The highest BCUT2D eigenvalue weighted by atomic mass is 19.1. The van der Waals surface area contributed by atoms with Crippen molar-refractivity contribution in [3.8, 4) is 0 Å². The Bertz CT molecular complexity index is 1210. The van der Waals surface area contributed by atoms with Crippen molar-refractivity contribution in [2.75, 3.05) is 7.05 Å². The normalized spacial score (nSPS) is 11.7. The molecule has 138 valence electrons. The van der Waals surface area contributed by atoms with E-state index in [1.807, 2.05) is 27.0 Å². The number of aryl methyl sites for hydroxylation is 2. The highest BCUT2D eigenvalue weighted by Crippen LogP contribution is 2.23. The minimum absolute atomic E-state index is 0.292. The number of nitrogens with zero attached hydrogens (tertiary/aromatic N) is 2. The Balaban J connectivity index is 1.62. The van der Waals surface area contributed by atoms with Gasteiger partial charge in [-0.2, -0.15) is 0 Å². The largest absolute Gasteiger partial charge is 0.423 e. The van der Waals surface area contributed by atoms with Crippen LogP contribution >= 0.6 is 0 Å². The van der Waals surface area contributed by atoms with Crippen molar-refractivity contribution < 1.29 is 8.81 Å². The predicted molar refractivity (Wildman–Crippen MR) is 103 cm³/mol. The maximum absolute atomic E-state index is 13.3. The van der Waals surface area contributed by atoms with Crippen LogP contribution in [0.4, 0.5) is 4.39 Å². The molecule has 2 aromatic carbocycles. The third-order valence-electron chi connectivity index (χ3n) is 4.80. The van der Waals surface area contributed by atoms with E-state index in [9.17, 15) is 9.18 Å². The van der Waals surface area contributed by atoms with Crippen LogP contribution in [0.2, 0.25) is 0 Å². The Hall–Kier alpha value is -2.99. The molecule has 0 spiro atoms. The van der Waals surface area contributed by atoms with Crippen LogP contribution in [0.15, 0.2) is 45.6 Å². The van der Waals surface area contributed by atoms with Crippen LogP contribution in [0.25, 0.3) is 22.0 Å². The van der Waals surface area contributed by atoms with Gasteiger partial charge in [0.25, 0.3) is 0 Å². The van der Waals surface area contributed by atoms with E-state index in [0.717, 1.165) is 33.4 Å². The molecule has 2 aromatic heterocycles. The molecule has 4 aromatic rings. The molecular formula is C21H20FN3O2. The Kier molecular flexibility index (Phi) is 4.28. The van der Waals surface area contributed by atoms with Gasteiger partial charge in [0, 0.05) is 18.0 Å². The van der Waals surface area contributed by atoms with E-state index in [-0.39, 0.29) is 11.4 Å². The molecule has 0 unspecified atom stereocenters. The summed E-state index contributed by atoms with van der Waals surface area (Å²) in [6, 6.07) is 10.0. The van der Waals surface area contributed by atoms with E-state index >= 15 is 0 Å². The second kappa shape index (κ2) is 6.63. The number of H-pyrrole nitrogens is 1. The van der Waals surface area contributed by atoms with Crippen molar-refractivity contribution >= 4 is 22.0 Å². The van der Waals surface area contributed by atoms with Crippen LogP contribution in [0.5, 0.6) is 0 Å². The van der Waals surface area contributed by atoms with Crippen LogP contribution in [0.1, 0.15) is 22.5 Å². The Morgan fingerprint density at radius 3 is 2.70 bits per heavy atom. The van der Waals surface area contributed by atoms with Gasteiger partial charge in [0.2, 0.25) is 0 Å². The Morgan fingerprint density at radius 2 is 1.89 bits per heavy atom. The van der Waals surface area contributed by atoms with Crippen molar-refractivity contribution in [1.29, 1.82) is 0 Å². The zero-order chi connectivity index (χ0) is 19.1. The first kappa shape index (κ1) is 17.4. The average Bonchev–Trinajstić information content (AvgIpc) is 2.97. The summed E-state index contributed by atoms with van der Waals surface area (Å²) in [5.74, 6) is 0.455. The number of fused-ring (bicyclic) bond motifs is 2. The third-order valence-corrected chi connectivity index (χ3v) is 4.80. The quantitative estimate of drug-likeness (QED) is 0.554. The van der Waals surface area contributed by atoms with Gasteiger partial charge in [-0.15, -0.1) is 0 Å². The summed E-state index contributed by atoms with van der Waals surface area (Å²) in [5.41, 5.74) is 4.81. The molecule has 27 heavy (non-hydrogen) atoms. The Labute approximate surface area is 155 Å². The van der Waals surface area contributed by atoms with Gasteiger partial charge in [0.15, 0.2) is 0 Å². The highest BCUT2D eigenvalue weighted by molar-refractivity contribution is 5.81. The molecular weight excluding hydrogens is 345 g/mol. The van der Waals surface area contributed by atoms with Crippen LogP contribution in [0, 0.1) is 19.7 Å². The number of hydrogen-bond donors (Lipinski definition) is 1. The van der Waals surface area contributed by atoms with Crippen LogP contribution < -0.4 is 5.63 Å². The van der Waals surface area contributed by atoms with Gasteiger partial charge >= 0.3 is 5.63 Å². The monoisotopic (exact) mass is 365 g/mol. The predicted octanol–water partition coefficient (Wildman–Crippen LogP) is 4.06. The molecule has 0 aliphatic carbocycles. The van der Waals surface area contributed by atoms with Gasteiger partial charge in [0.05, 0.1) is 17.6 Å². The lowest BCUT2D eigenvalue weighted by molar-refractivity contribution is 0.312. The number of halogens is 1. The van der Waals surface area contributed by atoms with Gasteiger partial charge < -0.3 is 9.40 Å². The molecule has 1 N–H and O–H groups in total. The van der Waals surface area contributed by atoms with Crippen molar-refractivity contribution in [3.63, 3.8) is 0 Å². The second-order valence-corrected chi connectivity index (χ2v) is 7.04. The van der Waals surface area contributed by atoms with Crippen molar-refractivity contribution in [2.24, 2.45) is 0 Å². The SMILES string of the molecule is Cc1cc2oc(=O)cc(CN(C)Cc3nc4ccc(F)cc4[nH]3)c2cc1C. The minimum Gasteiger partial charge on any atom is -0.423 e. The van der Waals surface area contributed by atoms with Gasteiger partial charge in [0.1, 0.15) is 17.2 Å². The zero-order valence-corrected chi connectivity index (χ0v) is 15.5. The number of hydrogen-bond acceptors (Lipinski definition) is 4. The topological polar surface area (TPSA) is 62.1 Å². The average molecular weight is 365 g/mol. The molecule has 0 aliphatic heterocycles. The zero-order valence-electron chi connectivity index (χ0n) is 15.5. The number of nitrogens with one attached hydrogen (secondary N) is 1. The summed E-state index contributed by atoms with van der Waals surface area (Å²) in [4.78, 5) is 21.6. The van der Waals surface area contributed by atoms with Crippen LogP contribution in [0.3, 0.4) is 0 Å². The van der Waals surface area contributed by atoms with Crippen molar-refractivity contribution in [2.45, 2.75) is 26.9 Å². The number of imidazole rings is 1. The molecule has 2 heterocycles. The first-order valence-corrected chi connectivity index (χ1v) is 8.76. The number of rotatable bonds is 4. The lowest BCUT2D eigenvalue weighted by Gasteiger charge is -2.16. The smallest absolute Gasteiger partial charge is 0.336 e. The van der Waals surface area contributed by atoms with E-state index in [4.69, 9.17) is 4.42 Å². The number of benzene rings is 2. The van der Waals surface area contributed by atoms with Crippen LogP contribution in [-0.2, 0) is 13.1 Å². The third kappa shape index (κ3) is 3.48. The standard InChI is InChI=1S/C21H20FN3O2/c1-12-6-16-14(8-21(26)27-19(16)7-13(12)2)10-25(3)11-20-23-17-5-4-15(22)9-18(17)24-20/h4-9H,10-11H2,1-3H3,(H,23,24). The maximum Gasteiger partial charge on any atom is 0.336 e. The molecule has 6 heteroatoms. The maximum atomic E-state index is 13.3. The fourth-order valence-corrected chi connectivity index (χ4v) is 3.33. The molecule has 0 aliphatic rings. The fraction of sp³-hybridized carbons (Fsp3) is 0.238. The molecule has 5 nitrogen and oxygen atoms in total. The van der Waals surface area contributed by atoms with E-state index in [0.29, 0.717) is 24.2 Å². The lowest BCUT2D eigenvalue weighted by atomic mass is 10.0. The number of aromatic nitrogens is 2. The first-order chi connectivity index (χ1) is 12.9. The second-order valence-electron chi connectivity index (χ2n) is 7.04. The van der Waals surface area contributed by atoms with Gasteiger partial charge in [-0.25, -0.2) is 14.2 Å². The van der Waals surface area contributed by atoms with Gasteiger partial charge in [-0.3, -0.25) is 4.90 Å². The van der Waals surface area contributed by atoms with E-state index in [1.165, 1.54) is 12.1 Å². The summed E-state index contributed by atoms with van der Waals surface area (Å²) < 4.78 is 18.7. The summed E-state index contributed by atoms with van der Waals surface area (Å²) >= 11 is 0. The molecule has 0 bridgehead atoms. The summed E-state index contributed by atoms with van der Waals surface area (Å²) in [5, 5.41) is 0.941. The summed E-state index contributed by atoms with van der Waals surface area (Å²) in [6.07, 6.45) is 0. The molecule has 0 atom stereocenters. The van der Waals surface area contributed by atoms with Crippen molar-refractivity contribution in [3.05, 3.63) is 75.2 Å². The molecule has 0 amide bonds. The summed E-state index contributed by atoms with van der Waals surface area (Å²) in [7, 11) is 1.95. The molecule has 0 saturated heterocycles. The lowest BCUT2D eigenvalue weighted by Crippen LogP contribution is -2.19. The highest BCUT2D eigenvalue weighted by Gasteiger charge is 2.12. The van der Waals surface area contributed by atoms with E-state index in [1.54, 1.807) is 12.1 Å². The van der Waals surface area contributed by atoms with E-state index < -0.39 is 0 Å². The molecule has 4 rings (SSSR count). The molecule has 0 fully saturated rings. The fourth-order valence-electron chi connectivity index (χ4n) is 3.33. The van der Waals surface area contributed by atoms with E-state index in [2.05, 4.69) is 20.9 Å². The minimum atomic E-state index is -0.353. The summed E-state index contributed by atoms with van der Waals surface area (Å²) in [6.45, 7) is 5.15. The number of aromatic amines is 1. The molecule has 0 radical (unpaired) electrons. The first-order valence-electron chi connectivity index (χ1n) is 8.76.